The summed E-state index contributed by atoms with van der Waals surface area (Å²) >= 11 is 0. The average Bonchev–Trinajstić information content (AvgIpc) is 2.97. The summed E-state index contributed by atoms with van der Waals surface area (Å²) < 4.78 is 22.4. The minimum atomic E-state index is -0.540. The van der Waals surface area contributed by atoms with Crippen molar-refractivity contribution in [2.75, 3.05) is 32.1 Å². The number of hydrogen-bond acceptors (Lipinski definition) is 6. The van der Waals surface area contributed by atoms with E-state index in [1.165, 1.54) is 37.3 Å². The van der Waals surface area contributed by atoms with Crippen molar-refractivity contribution >= 4 is 17.5 Å². The minimum Gasteiger partial charge on any atom is -0.496 e. The summed E-state index contributed by atoms with van der Waals surface area (Å²) in [7, 11) is 3.05. The van der Waals surface area contributed by atoms with Crippen LogP contribution in [0.1, 0.15) is 27.0 Å². The summed E-state index contributed by atoms with van der Waals surface area (Å²) in [6.45, 7) is 5.51. The number of carbonyl (C=O) groups is 2. The normalized spacial score (nSPS) is 13.5. The molecule has 0 radical (unpaired) electrons. The molecule has 1 aliphatic rings. The van der Waals surface area contributed by atoms with E-state index in [2.05, 4.69) is 15.6 Å². The van der Waals surface area contributed by atoms with Crippen LogP contribution in [0.3, 0.4) is 0 Å². The molecule has 42 heavy (non-hydrogen) atoms. The Bertz CT molecular complexity index is 1750. The van der Waals surface area contributed by atoms with Gasteiger partial charge in [-0.25, -0.2) is 9.37 Å². The molecule has 1 aliphatic heterocycles. The first-order valence-corrected chi connectivity index (χ1v) is 13.5. The summed E-state index contributed by atoms with van der Waals surface area (Å²) in [5.74, 6) is -0.599. The number of halogens is 1. The molecule has 0 atom stereocenters. The largest absolute Gasteiger partial charge is 0.496 e. The molecule has 10 heteroatoms. The van der Waals surface area contributed by atoms with Crippen molar-refractivity contribution in [3.8, 4) is 28.0 Å². The number of carbonyl (C=O) groups excluding carboxylic acids is 2. The van der Waals surface area contributed by atoms with Gasteiger partial charge in [0, 0.05) is 44.1 Å². The molecule has 0 saturated carbocycles. The van der Waals surface area contributed by atoms with Crippen molar-refractivity contribution in [2.45, 2.75) is 20.4 Å². The fourth-order valence-electron chi connectivity index (χ4n) is 5.31. The van der Waals surface area contributed by atoms with Crippen molar-refractivity contribution in [1.82, 2.24) is 19.8 Å². The molecule has 2 heterocycles. The van der Waals surface area contributed by atoms with Crippen LogP contribution >= 0.6 is 0 Å². The van der Waals surface area contributed by atoms with Crippen LogP contribution in [0.25, 0.3) is 22.3 Å². The summed E-state index contributed by atoms with van der Waals surface area (Å²) in [5, 5.41) is 5.63. The number of benzene rings is 3. The first-order chi connectivity index (χ1) is 20.2. The van der Waals surface area contributed by atoms with E-state index in [1.807, 2.05) is 55.1 Å². The number of ether oxygens (including phenoxy) is 1. The highest BCUT2D eigenvalue weighted by atomic mass is 19.1. The van der Waals surface area contributed by atoms with Crippen molar-refractivity contribution in [1.29, 1.82) is 0 Å². The maximum atomic E-state index is 15.5. The fourth-order valence-corrected chi connectivity index (χ4v) is 5.31. The lowest BCUT2D eigenvalue weighted by Crippen LogP contribution is -2.47. The van der Waals surface area contributed by atoms with Gasteiger partial charge in [0.1, 0.15) is 17.1 Å². The fraction of sp³-hybridized carbons (Fsp3) is 0.250. The number of piperazine rings is 1. The van der Waals surface area contributed by atoms with E-state index in [9.17, 15) is 14.4 Å². The van der Waals surface area contributed by atoms with Gasteiger partial charge < -0.3 is 19.9 Å². The Morgan fingerprint density at radius 3 is 2.52 bits per heavy atom. The Morgan fingerprint density at radius 1 is 1.07 bits per heavy atom. The third-order valence-electron chi connectivity index (χ3n) is 7.63. The van der Waals surface area contributed by atoms with E-state index in [4.69, 9.17) is 4.74 Å². The molecular formula is C32H32FN5O4. The number of aromatic nitrogens is 2. The van der Waals surface area contributed by atoms with E-state index >= 15 is 4.39 Å². The van der Waals surface area contributed by atoms with Crippen LogP contribution in [0.5, 0.6) is 5.75 Å². The molecule has 1 fully saturated rings. The van der Waals surface area contributed by atoms with Crippen molar-refractivity contribution in [3.05, 3.63) is 99.5 Å². The molecule has 4 aromatic rings. The van der Waals surface area contributed by atoms with Gasteiger partial charge in [0.15, 0.2) is 0 Å². The smallest absolute Gasteiger partial charge is 0.265 e. The van der Waals surface area contributed by atoms with Crippen LogP contribution in [0, 0.1) is 19.7 Å². The second-order valence-corrected chi connectivity index (χ2v) is 10.3. The Morgan fingerprint density at radius 2 is 1.79 bits per heavy atom. The zero-order valence-corrected chi connectivity index (χ0v) is 24.0. The molecule has 216 valence electrons. The lowest BCUT2D eigenvalue weighted by atomic mass is 9.90. The number of methoxy groups -OCH3 is 1. The molecular weight excluding hydrogens is 537 g/mol. The van der Waals surface area contributed by atoms with Gasteiger partial charge >= 0.3 is 0 Å². The Kier molecular flexibility index (Phi) is 8.17. The van der Waals surface area contributed by atoms with Gasteiger partial charge in [-0.3, -0.25) is 19.3 Å². The predicted molar refractivity (Wildman–Crippen MR) is 159 cm³/mol. The Labute approximate surface area is 243 Å². The molecule has 2 amide bonds. The van der Waals surface area contributed by atoms with Crippen LogP contribution in [0.4, 0.5) is 10.1 Å². The maximum Gasteiger partial charge on any atom is 0.265 e. The number of amides is 2. The van der Waals surface area contributed by atoms with E-state index < -0.39 is 17.3 Å². The third kappa shape index (κ3) is 5.66. The van der Waals surface area contributed by atoms with Crippen LogP contribution in [-0.4, -0.2) is 53.0 Å². The molecule has 2 N–H and O–H groups in total. The topological polar surface area (TPSA) is 106 Å². The van der Waals surface area contributed by atoms with Gasteiger partial charge in [-0.1, -0.05) is 30.3 Å². The third-order valence-corrected chi connectivity index (χ3v) is 7.63. The summed E-state index contributed by atoms with van der Waals surface area (Å²) in [6, 6.07) is 14.7. The van der Waals surface area contributed by atoms with Gasteiger partial charge in [0.05, 0.1) is 20.0 Å². The van der Waals surface area contributed by atoms with Crippen LogP contribution in [-0.2, 0) is 18.4 Å². The average molecular weight is 570 g/mol. The molecule has 1 aromatic heterocycles. The zero-order chi connectivity index (χ0) is 30.0. The van der Waals surface area contributed by atoms with Crippen LogP contribution in [0.15, 0.2) is 65.8 Å². The molecule has 0 spiro atoms. The maximum absolute atomic E-state index is 15.5. The number of aryl methyl sites for hydroxylation is 1. The number of hydrogen-bond donors (Lipinski definition) is 2. The lowest BCUT2D eigenvalue weighted by molar-refractivity contribution is -0.124. The number of anilines is 1. The van der Waals surface area contributed by atoms with Gasteiger partial charge in [-0.2, -0.15) is 0 Å². The summed E-state index contributed by atoms with van der Waals surface area (Å²) in [5.41, 5.74) is 5.54. The molecule has 1 saturated heterocycles. The van der Waals surface area contributed by atoms with Gasteiger partial charge in [-0.05, 0) is 65.4 Å². The number of rotatable bonds is 7. The second kappa shape index (κ2) is 12.0. The molecule has 0 bridgehead atoms. The highest BCUT2D eigenvalue weighted by Crippen LogP contribution is 2.38. The van der Waals surface area contributed by atoms with Gasteiger partial charge in [0.2, 0.25) is 5.91 Å². The van der Waals surface area contributed by atoms with E-state index in [0.717, 1.165) is 27.8 Å². The minimum absolute atomic E-state index is 0.0500. The number of nitrogens with one attached hydrogen (secondary N) is 2. The first kappa shape index (κ1) is 28.7. The zero-order valence-electron chi connectivity index (χ0n) is 24.0. The second-order valence-electron chi connectivity index (χ2n) is 10.3. The molecule has 0 unspecified atom stereocenters. The van der Waals surface area contributed by atoms with Gasteiger partial charge in [0.25, 0.3) is 11.5 Å². The molecule has 3 aromatic carbocycles. The molecule has 5 rings (SSSR count). The van der Waals surface area contributed by atoms with Crippen LogP contribution in [0.2, 0.25) is 0 Å². The Balaban J connectivity index is 1.47. The standard InChI is InChI=1S/C32H32FN5O4/c1-19-22(21-13-27(33)26(29(14-21)42-4)16-38-12-11-35-30(39)17-38)7-5-8-23(19)24-9-6-10-28(20(24)2)36-31(40)25-15-34-18-37(3)32(25)41/h5-10,13-15,18H,11-12,16-17H2,1-4H3,(H,35,39)(H,36,40). The first-order valence-electron chi connectivity index (χ1n) is 13.5. The highest BCUT2D eigenvalue weighted by Gasteiger charge is 2.22. The summed E-state index contributed by atoms with van der Waals surface area (Å²) in [6.07, 6.45) is 2.61. The van der Waals surface area contributed by atoms with E-state index in [0.29, 0.717) is 35.7 Å². The Hall–Kier alpha value is -4.83. The molecule has 9 nitrogen and oxygen atoms in total. The predicted octanol–water partition coefficient (Wildman–Crippen LogP) is 4.06. The van der Waals surface area contributed by atoms with E-state index in [-0.39, 0.29) is 24.6 Å². The monoisotopic (exact) mass is 569 g/mol. The van der Waals surface area contributed by atoms with Crippen molar-refractivity contribution in [3.63, 3.8) is 0 Å². The SMILES string of the molecule is COc1cc(-c2cccc(-c3cccc(NC(=O)c4cncn(C)c4=O)c3C)c2C)cc(F)c1CN1CCNC(=O)C1. The van der Waals surface area contributed by atoms with E-state index in [1.54, 1.807) is 6.07 Å². The van der Waals surface area contributed by atoms with Crippen LogP contribution < -0.4 is 20.9 Å². The van der Waals surface area contributed by atoms with Crippen molar-refractivity contribution in [2.24, 2.45) is 7.05 Å². The quantitative estimate of drug-likeness (QED) is 0.348. The highest BCUT2D eigenvalue weighted by molar-refractivity contribution is 6.04. The lowest BCUT2D eigenvalue weighted by Gasteiger charge is -2.27. The number of nitrogens with zero attached hydrogens (tertiary/aromatic N) is 3. The van der Waals surface area contributed by atoms with Crippen molar-refractivity contribution < 1.29 is 18.7 Å². The van der Waals surface area contributed by atoms with Gasteiger partial charge in [-0.15, -0.1) is 0 Å². The summed E-state index contributed by atoms with van der Waals surface area (Å²) in [4.78, 5) is 43.0. The molecule has 0 aliphatic carbocycles.